The lowest BCUT2D eigenvalue weighted by Gasteiger charge is -2.17. The van der Waals surface area contributed by atoms with Gasteiger partial charge >= 0.3 is 0 Å². The molecule has 124 valence electrons. The fourth-order valence-corrected chi connectivity index (χ4v) is 2.71. The van der Waals surface area contributed by atoms with Crippen LogP contribution in [0.15, 0.2) is 54.6 Å². The van der Waals surface area contributed by atoms with E-state index in [0.29, 0.717) is 13.0 Å². The molecule has 1 saturated carbocycles. The molecule has 2 aromatic carbocycles. The van der Waals surface area contributed by atoms with Crippen LogP contribution in [-0.2, 0) is 16.1 Å². The molecule has 0 heterocycles. The fraction of sp³-hybridized carbons (Fsp3) is 0.263. The number of carbonyl (C=O) groups is 2. The normalized spacial score (nSPS) is 18.8. The van der Waals surface area contributed by atoms with Gasteiger partial charge in [0.15, 0.2) is 0 Å². The Balaban J connectivity index is 1.51. The van der Waals surface area contributed by atoms with Gasteiger partial charge in [-0.1, -0.05) is 30.3 Å². The van der Waals surface area contributed by atoms with Gasteiger partial charge in [-0.2, -0.15) is 0 Å². The van der Waals surface area contributed by atoms with Crippen molar-refractivity contribution in [3.63, 3.8) is 0 Å². The first-order chi connectivity index (χ1) is 11.6. The van der Waals surface area contributed by atoms with Crippen LogP contribution in [-0.4, -0.2) is 18.9 Å². The van der Waals surface area contributed by atoms with E-state index in [1.54, 1.807) is 24.1 Å². The van der Waals surface area contributed by atoms with Gasteiger partial charge in [0.25, 0.3) is 0 Å². The number of halogens is 1. The molecule has 3 rings (SSSR count). The first kappa shape index (κ1) is 16.2. The molecule has 2 unspecified atom stereocenters. The summed E-state index contributed by atoms with van der Waals surface area (Å²) < 4.78 is 12.9. The van der Waals surface area contributed by atoms with E-state index in [1.165, 1.54) is 12.1 Å². The molecule has 0 aromatic heterocycles. The number of hydrogen-bond acceptors (Lipinski definition) is 2. The average Bonchev–Trinajstić information content (AvgIpc) is 3.41. The van der Waals surface area contributed by atoms with Crippen molar-refractivity contribution in [2.45, 2.75) is 13.0 Å². The topological polar surface area (TPSA) is 49.4 Å². The quantitative estimate of drug-likeness (QED) is 0.918. The molecule has 2 amide bonds. The van der Waals surface area contributed by atoms with Crippen molar-refractivity contribution in [3.05, 3.63) is 66.0 Å². The molecule has 24 heavy (non-hydrogen) atoms. The fourth-order valence-electron chi connectivity index (χ4n) is 2.71. The highest BCUT2D eigenvalue weighted by molar-refractivity contribution is 6.00. The Bertz CT molecular complexity index is 731. The van der Waals surface area contributed by atoms with Gasteiger partial charge in [-0.15, -0.1) is 0 Å². The first-order valence-corrected chi connectivity index (χ1v) is 7.91. The van der Waals surface area contributed by atoms with E-state index in [4.69, 9.17) is 0 Å². The zero-order valence-corrected chi connectivity index (χ0v) is 13.4. The maximum atomic E-state index is 12.9. The number of benzene rings is 2. The van der Waals surface area contributed by atoms with E-state index in [-0.39, 0.29) is 29.5 Å². The standard InChI is InChI=1S/C19H19FN2O2/c1-22(15-5-3-2-4-6-15)19(24)17-11-16(17)18(23)21-12-13-7-9-14(20)10-8-13/h2-10,16-17H,11-12H2,1H3,(H,21,23). The summed E-state index contributed by atoms with van der Waals surface area (Å²) >= 11 is 0. The van der Waals surface area contributed by atoms with Gasteiger partial charge in [0.2, 0.25) is 11.8 Å². The van der Waals surface area contributed by atoms with Crippen molar-refractivity contribution < 1.29 is 14.0 Å². The molecular formula is C19H19FN2O2. The maximum Gasteiger partial charge on any atom is 0.230 e. The van der Waals surface area contributed by atoms with Crippen LogP contribution in [0.3, 0.4) is 0 Å². The van der Waals surface area contributed by atoms with Crippen LogP contribution in [0.25, 0.3) is 0 Å². The molecule has 2 atom stereocenters. The lowest BCUT2D eigenvalue weighted by Crippen LogP contribution is -2.31. The maximum absolute atomic E-state index is 12.9. The highest BCUT2D eigenvalue weighted by atomic mass is 19.1. The van der Waals surface area contributed by atoms with Crippen LogP contribution >= 0.6 is 0 Å². The van der Waals surface area contributed by atoms with Crippen molar-refractivity contribution >= 4 is 17.5 Å². The summed E-state index contributed by atoms with van der Waals surface area (Å²) in [6.45, 7) is 0.338. The highest BCUT2D eigenvalue weighted by Gasteiger charge is 2.49. The average molecular weight is 326 g/mol. The largest absolute Gasteiger partial charge is 0.352 e. The highest BCUT2D eigenvalue weighted by Crippen LogP contribution is 2.40. The molecule has 2 aromatic rings. The molecule has 0 spiro atoms. The summed E-state index contributed by atoms with van der Waals surface area (Å²) in [4.78, 5) is 26.2. The van der Waals surface area contributed by atoms with Gasteiger partial charge in [0, 0.05) is 19.3 Å². The van der Waals surface area contributed by atoms with Crippen molar-refractivity contribution in [2.75, 3.05) is 11.9 Å². The van der Waals surface area contributed by atoms with Gasteiger partial charge < -0.3 is 10.2 Å². The zero-order chi connectivity index (χ0) is 17.1. The van der Waals surface area contributed by atoms with Crippen LogP contribution in [0.5, 0.6) is 0 Å². The van der Waals surface area contributed by atoms with Crippen molar-refractivity contribution in [1.82, 2.24) is 5.32 Å². The van der Waals surface area contributed by atoms with Crippen LogP contribution in [0.1, 0.15) is 12.0 Å². The van der Waals surface area contributed by atoms with E-state index in [1.807, 2.05) is 30.3 Å². The Kier molecular flexibility index (Phi) is 4.60. The van der Waals surface area contributed by atoms with E-state index in [9.17, 15) is 14.0 Å². The van der Waals surface area contributed by atoms with Gasteiger partial charge in [0.05, 0.1) is 11.8 Å². The summed E-state index contributed by atoms with van der Waals surface area (Å²) in [7, 11) is 1.73. The van der Waals surface area contributed by atoms with Gasteiger partial charge in [-0.25, -0.2) is 4.39 Å². The summed E-state index contributed by atoms with van der Waals surface area (Å²) in [5.74, 6) is -1.00. The van der Waals surface area contributed by atoms with E-state index >= 15 is 0 Å². The van der Waals surface area contributed by atoms with E-state index < -0.39 is 0 Å². The second kappa shape index (κ2) is 6.83. The van der Waals surface area contributed by atoms with Gasteiger partial charge in [-0.05, 0) is 36.2 Å². The number of rotatable bonds is 5. The predicted octanol–water partition coefficient (Wildman–Crippen LogP) is 2.74. The van der Waals surface area contributed by atoms with Crippen molar-refractivity contribution in [3.8, 4) is 0 Å². The second-order valence-electron chi connectivity index (χ2n) is 6.03. The smallest absolute Gasteiger partial charge is 0.230 e. The summed E-state index contributed by atoms with van der Waals surface area (Å²) in [6.07, 6.45) is 0.575. The summed E-state index contributed by atoms with van der Waals surface area (Å²) in [5, 5.41) is 2.81. The van der Waals surface area contributed by atoms with Crippen LogP contribution in [0, 0.1) is 17.7 Å². The third-order valence-corrected chi connectivity index (χ3v) is 4.30. The van der Waals surface area contributed by atoms with Crippen molar-refractivity contribution in [2.24, 2.45) is 11.8 Å². The Morgan fingerprint density at radius 3 is 2.42 bits per heavy atom. The minimum atomic E-state index is -0.304. The number of para-hydroxylation sites is 1. The molecule has 1 aliphatic rings. The Labute approximate surface area is 140 Å². The number of nitrogens with one attached hydrogen (secondary N) is 1. The van der Waals surface area contributed by atoms with Crippen LogP contribution < -0.4 is 10.2 Å². The number of hydrogen-bond donors (Lipinski definition) is 1. The first-order valence-electron chi connectivity index (χ1n) is 7.91. The molecule has 0 saturated heterocycles. The molecular weight excluding hydrogens is 307 g/mol. The predicted molar refractivity (Wildman–Crippen MR) is 89.7 cm³/mol. The molecule has 0 radical (unpaired) electrons. The summed E-state index contributed by atoms with van der Waals surface area (Å²) in [5.41, 5.74) is 1.65. The van der Waals surface area contributed by atoms with Crippen molar-refractivity contribution in [1.29, 1.82) is 0 Å². The van der Waals surface area contributed by atoms with Crippen LogP contribution in [0.4, 0.5) is 10.1 Å². The number of anilines is 1. The summed E-state index contributed by atoms with van der Waals surface area (Å²) in [6, 6.07) is 15.4. The third-order valence-electron chi connectivity index (χ3n) is 4.30. The third kappa shape index (κ3) is 3.62. The monoisotopic (exact) mass is 326 g/mol. The molecule has 4 nitrogen and oxygen atoms in total. The molecule has 1 N–H and O–H groups in total. The molecule has 1 fully saturated rings. The Hall–Kier alpha value is -2.69. The SMILES string of the molecule is CN(C(=O)C1CC1C(=O)NCc1ccc(F)cc1)c1ccccc1. The number of carbonyl (C=O) groups excluding carboxylic acids is 2. The molecule has 5 heteroatoms. The zero-order valence-electron chi connectivity index (χ0n) is 13.4. The van der Waals surface area contributed by atoms with Crippen LogP contribution in [0.2, 0.25) is 0 Å². The Morgan fingerprint density at radius 1 is 1.08 bits per heavy atom. The molecule has 0 bridgehead atoms. The number of nitrogens with zero attached hydrogens (tertiary/aromatic N) is 1. The minimum Gasteiger partial charge on any atom is -0.352 e. The lowest BCUT2D eigenvalue weighted by molar-refractivity contribution is -0.126. The minimum absolute atomic E-state index is 0.0388. The van der Waals surface area contributed by atoms with E-state index in [0.717, 1.165) is 11.3 Å². The molecule has 1 aliphatic carbocycles. The number of amides is 2. The molecule has 0 aliphatic heterocycles. The van der Waals surface area contributed by atoms with E-state index in [2.05, 4.69) is 5.32 Å². The lowest BCUT2D eigenvalue weighted by atomic mass is 10.2. The Morgan fingerprint density at radius 2 is 1.75 bits per heavy atom. The second-order valence-corrected chi connectivity index (χ2v) is 6.03. The van der Waals surface area contributed by atoms with Gasteiger partial charge in [0.1, 0.15) is 5.82 Å². The van der Waals surface area contributed by atoms with Gasteiger partial charge in [-0.3, -0.25) is 9.59 Å².